The Balaban J connectivity index is 1.90. The van der Waals surface area contributed by atoms with Crippen molar-refractivity contribution in [3.05, 3.63) is 41.1 Å². The van der Waals surface area contributed by atoms with Crippen molar-refractivity contribution in [1.82, 2.24) is 23.2 Å². The number of hydrogen-bond acceptors (Lipinski definition) is 6. The summed E-state index contributed by atoms with van der Waals surface area (Å²) < 4.78 is 30.0. The third kappa shape index (κ3) is 2.71. The lowest BCUT2D eigenvalue weighted by Crippen LogP contribution is -2.18. The largest absolute Gasteiger partial charge is 0.330 e. The molecule has 0 unspecified atom stereocenters. The fourth-order valence-corrected chi connectivity index (χ4v) is 5.55. The second-order valence-electron chi connectivity index (χ2n) is 6.14. The van der Waals surface area contributed by atoms with E-state index in [0.717, 1.165) is 6.54 Å². The molecule has 0 aliphatic carbocycles. The van der Waals surface area contributed by atoms with Crippen LogP contribution in [0.15, 0.2) is 45.9 Å². The van der Waals surface area contributed by atoms with E-state index in [1.807, 2.05) is 28.9 Å². The third-order valence-corrected chi connectivity index (χ3v) is 7.19. The Morgan fingerprint density at radius 2 is 2.12 bits per heavy atom. The molecule has 0 bridgehead atoms. The molecule has 0 saturated carbocycles. The van der Waals surface area contributed by atoms with Crippen molar-refractivity contribution in [2.75, 3.05) is 20.6 Å². The molecule has 0 aliphatic heterocycles. The molecule has 4 rings (SSSR count). The van der Waals surface area contributed by atoms with Crippen molar-refractivity contribution in [1.29, 1.82) is 0 Å². The number of pyridine rings is 1. The van der Waals surface area contributed by atoms with Crippen LogP contribution in [0.2, 0.25) is 5.15 Å². The van der Waals surface area contributed by atoms with Crippen LogP contribution in [0.4, 0.5) is 0 Å². The average molecular weight is 410 g/mol. The van der Waals surface area contributed by atoms with E-state index in [2.05, 4.69) is 9.97 Å². The first-order valence-corrected chi connectivity index (χ1v) is 10.5. The Hall–Kier alpha value is -1.94. The number of rotatable bonds is 5. The zero-order valence-electron chi connectivity index (χ0n) is 14.1. The fraction of sp³-hybridized carbons (Fsp3) is 0.250. The molecule has 0 fully saturated rings. The predicted octanol–water partition coefficient (Wildman–Crippen LogP) is 2.79. The van der Waals surface area contributed by atoms with Gasteiger partial charge in [0.05, 0.1) is 0 Å². The molecule has 0 atom stereocenters. The minimum atomic E-state index is -3.88. The topological polar surface area (TPSA) is 72.5 Å². The van der Waals surface area contributed by atoms with Crippen molar-refractivity contribution >= 4 is 49.7 Å². The standard InChI is InChI=1S/C16H16ClN5O2S2/c1-20(2)7-8-21-10-12(11-4-3-6-18-15(11)21)26(23,24)16-14(17)22-13(19-16)5-9-25-22/h3-6,9-10H,7-8H2,1-2H3. The monoisotopic (exact) mass is 409 g/mol. The van der Waals surface area contributed by atoms with Crippen LogP contribution in [-0.4, -0.2) is 52.3 Å². The summed E-state index contributed by atoms with van der Waals surface area (Å²) in [6.45, 7) is 1.39. The number of halogens is 1. The van der Waals surface area contributed by atoms with Gasteiger partial charge >= 0.3 is 0 Å². The molecular weight excluding hydrogens is 394 g/mol. The van der Waals surface area contributed by atoms with Gasteiger partial charge in [-0.1, -0.05) is 23.1 Å². The Bertz CT molecular complexity index is 1210. The van der Waals surface area contributed by atoms with Gasteiger partial charge in [-0.25, -0.2) is 22.2 Å². The molecule has 26 heavy (non-hydrogen) atoms. The molecule has 0 radical (unpaired) electrons. The van der Waals surface area contributed by atoms with Crippen LogP contribution in [-0.2, 0) is 16.4 Å². The van der Waals surface area contributed by atoms with E-state index >= 15 is 0 Å². The summed E-state index contributed by atoms with van der Waals surface area (Å²) in [4.78, 5) is 10.8. The van der Waals surface area contributed by atoms with Crippen molar-refractivity contribution in [3.63, 3.8) is 0 Å². The summed E-state index contributed by atoms with van der Waals surface area (Å²) in [7, 11) is 0.0559. The van der Waals surface area contributed by atoms with E-state index in [0.29, 0.717) is 23.2 Å². The van der Waals surface area contributed by atoms with Gasteiger partial charge < -0.3 is 9.47 Å². The maximum absolute atomic E-state index is 13.3. The summed E-state index contributed by atoms with van der Waals surface area (Å²) >= 11 is 7.60. The van der Waals surface area contributed by atoms with E-state index in [1.54, 1.807) is 34.4 Å². The van der Waals surface area contributed by atoms with Crippen LogP contribution in [0.3, 0.4) is 0 Å². The number of sulfone groups is 1. The number of likely N-dealkylation sites (N-methyl/N-ethyl adjacent to an activating group) is 1. The molecule has 0 saturated heterocycles. The van der Waals surface area contributed by atoms with Crippen molar-refractivity contribution in [2.45, 2.75) is 16.5 Å². The van der Waals surface area contributed by atoms with Crippen LogP contribution >= 0.6 is 23.1 Å². The summed E-state index contributed by atoms with van der Waals surface area (Å²) in [5.41, 5.74) is 1.15. The molecule has 4 heterocycles. The van der Waals surface area contributed by atoms with Gasteiger partial charge in [-0.05, 0) is 32.3 Å². The van der Waals surface area contributed by atoms with Gasteiger partial charge in [-0.3, -0.25) is 0 Å². The molecular formula is C16H16ClN5O2S2. The molecule has 0 aliphatic rings. The molecule has 10 heteroatoms. The van der Waals surface area contributed by atoms with Crippen LogP contribution in [0.1, 0.15) is 0 Å². The average Bonchev–Trinajstić information content (AvgIpc) is 3.28. The third-order valence-electron chi connectivity index (χ3n) is 4.09. The molecule has 4 aromatic heterocycles. The van der Waals surface area contributed by atoms with E-state index in [4.69, 9.17) is 11.6 Å². The maximum atomic E-state index is 13.3. The second-order valence-corrected chi connectivity index (χ2v) is 9.18. The van der Waals surface area contributed by atoms with Crippen LogP contribution < -0.4 is 0 Å². The number of hydrogen-bond donors (Lipinski definition) is 0. The lowest BCUT2D eigenvalue weighted by molar-refractivity contribution is 0.386. The fourth-order valence-electron chi connectivity index (χ4n) is 2.80. The molecule has 0 aromatic carbocycles. The number of nitrogens with zero attached hydrogens (tertiary/aromatic N) is 5. The van der Waals surface area contributed by atoms with Gasteiger partial charge in [-0.2, -0.15) is 0 Å². The summed E-state index contributed by atoms with van der Waals surface area (Å²) in [5, 5.41) is 2.36. The van der Waals surface area contributed by atoms with Gasteiger partial charge in [0, 0.05) is 36.2 Å². The highest BCUT2D eigenvalue weighted by molar-refractivity contribution is 7.91. The van der Waals surface area contributed by atoms with Gasteiger partial charge in [-0.15, -0.1) is 0 Å². The zero-order chi connectivity index (χ0) is 18.5. The van der Waals surface area contributed by atoms with E-state index in [-0.39, 0.29) is 15.1 Å². The minimum Gasteiger partial charge on any atom is -0.330 e. The van der Waals surface area contributed by atoms with Crippen molar-refractivity contribution in [2.24, 2.45) is 0 Å². The first kappa shape index (κ1) is 17.5. The van der Waals surface area contributed by atoms with Crippen LogP contribution in [0, 0.1) is 0 Å². The van der Waals surface area contributed by atoms with Crippen molar-refractivity contribution < 1.29 is 8.42 Å². The maximum Gasteiger partial charge on any atom is 0.229 e. The molecule has 0 amide bonds. The van der Waals surface area contributed by atoms with Gasteiger partial charge in [0.15, 0.2) is 10.2 Å². The molecule has 0 spiro atoms. The van der Waals surface area contributed by atoms with Crippen LogP contribution in [0.25, 0.3) is 16.7 Å². The van der Waals surface area contributed by atoms with Crippen molar-refractivity contribution in [3.8, 4) is 0 Å². The number of imidazole rings is 1. The van der Waals surface area contributed by atoms with E-state index < -0.39 is 9.84 Å². The lowest BCUT2D eigenvalue weighted by Gasteiger charge is -2.10. The number of aromatic nitrogens is 4. The van der Waals surface area contributed by atoms with Gasteiger partial charge in [0.2, 0.25) is 9.84 Å². The highest BCUT2D eigenvalue weighted by Crippen LogP contribution is 2.33. The Morgan fingerprint density at radius 1 is 1.31 bits per heavy atom. The Labute approximate surface area is 159 Å². The normalized spacial score (nSPS) is 12.6. The summed E-state index contributed by atoms with van der Waals surface area (Å²) in [6.07, 6.45) is 3.28. The molecule has 4 aromatic rings. The predicted molar refractivity (Wildman–Crippen MR) is 102 cm³/mol. The molecule has 7 nitrogen and oxygen atoms in total. The quantitative estimate of drug-likeness (QED) is 0.506. The molecule has 136 valence electrons. The number of fused-ring (bicyclic) bond motifs is 2. The summed E-state index contributed by atoms with van der Waals surface area (Å²) in [6, 6.07) is 5.22. The lowest BCUT2D eigenvalue weighted by atomic mass is 10.3. The Morgan fingerprint density at radius 3 is 2.85 bits per heavy atom. The first-order chi connectivity index (χ1) is 12.4. The Kier molecular flexibility index (Phi) is 4.26. The summed E-state index contributed by atoms with van der Waals surface area (Å²) in [5.74, 6) is 0. The second kappa shape index (κ2) is 6.34. The van der Waals surface area contributed by atoms with Crippen LogP contribution in [0.5, 0.6) is 0 Å². The zero-order valence-corrected chi connectivity index (χ0v) is 16.5. The highest BCUT2D eigenvalue weighted by Gasteiger charge is 2.30. The highest BCUT2D eigenvalue weighted by atomic mass is 35.5. The minimum absolute atomic E-state index is 0.105. The van der Waals surface area contributed by atoms with E-state index in [9.17, 15) is 8.42 Å². The first-order valence-electron chi connectivity index (χ1n) is 7.85. The molecule has 0 N–H and O–H groups in total. The SMILES string of the molecule is CN(C)CCn1cc(S(=O)(=O)c2nc3ccsn3c2Cl)c2cccnc21. The van der Waals surface area contributed by atoms with E-state index in [1.165, 1.54) is 11.5 Å². The smallest absolute Gasteiger partial charge is 0.229 e. The van der Waals surface area contributed by atoms with Gasteiger partial charge in [0.1, 0.15) is 16.2 Å². The van der Waals surface area contributed by atoms with Gasteiger partial charge in [0.25, 0.3) is 0 Å².